The van der Waals surface area contributed by atoms with E-state index in [2.05, 4.69) is 11.4 Å². The predicted molar refractivity (Wildman–Crippen MR) is 72.7 cm³/mol. The van der Waals surface area contributed by atoms with Gasteiger partial charge in [-0.2, -0.15) is 5.26 Å². The molecule has 100 valence electrons. The summed E-state index contributed by atoms with van der Waals surface area (Å²) in [5.74, 6) is -0.0508. The zero-order valence-electron chi connectivity index (χ0n) is 11.1. The fraction of sp³-hybridized carbons (Fsp3) is 0.467. The van der Waals surface area contributed by atoms with Crippen molar-refractivity contribution >= 4 is 11.6 Å². The Bertz CT molecular complexity index is 499. The molecule has 1 unspecified atom stereocenters. The van der Waals surface area contributed by atoms with E-state index in [0.717, 1.165) is 31.4 Å². The van der Waals surface area contributed by atoms with Gasteiger partial charge in [0.25, 0.3) is 0 Å². The Morgan fingerprint density at radius 2 is 2.37 bits per heavy atom. The first-order chi connectivity index (χ1) is 9.19. The molecule has 4 heteroatoms. The molecule has 0 aliphatic carbocycles. The van der Waals surface area contributed by atoms with E-state index in [1.54, 1.807) is 12.1 Å². The van der Waals surface area contributed by atoms with Gasteiger partial charge in [0.05, 0.1) is 24.2 Å². The number of nitriles is 1. The summed E-state index contributed by atoms with van der Waals surface area (Å²) in [7, 11) is 0. The standard InChI is InChI=1S/C15H18N2O2/c1-11-5-6-12(10-16)8-14(11)17-15(18)9-13-4-2-3-7-19-13/h5-6,8,13H,2-4,7,9H2,1H3,(H,17,18). The fourth-order valence-corrected chi connectivity index (χ4v) is 2.20. The number of hydrogen-bond acceptors (Lipinski definition) is 3. The van der Waals surface area contributed by atoms with Crippen LogP contribution in [-0.2, 0) is 9.53 Å². The van der Waals surface area contributed by atoms with E-state index in [9.17, 15) is 4.79 Å². The number of nitrogens with zero attached hydrogens (tertiary/aromatic N) is 1. The SMILES string of the molecule is Cc1ccc(C#N)cc1NC(=O)CC1CCCCO1. The maximum absolute atomic E-state index is 12.0. The maximum atomic E-state index is 12.0. The Morgan fingerprint density at radius 3 is 3.05 bits per heavy atom. The van der Waals surface area contributed by atoms with E-state index in [1.807, 2.05) is 13.0 Å². The number of aryl methyl sites for hydroxylation is 1. The average molecular weight is 258 g/mol. The summed E-state index contributed by atoms with van der Waals surface area (Å²) in [6.45, 7) is 2.66. The summed E-state index contributed by atoms with van der Waals surface area (Å²) in [6.07, 6.45) is 3.58. The molecule has 1 amide bonds. The quantitative estimate of drug-likeness (QED) is 0.906. The zero-order chi connectivity index (χ0) is 13.7. The highest BCUT2D eigenvalue weighted by atomic mass is 16.5. The monoisotopic (exact) mass is 258 g/mol. The van der Waals surface area contributed by atoms with Crippen molar-refractivity contribution < 1.29 is 9.53 Å². The van der Waals surface area contributed by atoms with E-state index in [4.69, 9.17) is 10.00 Å². The highest BCUT2D eigenvalue weighted by molar-refractivity contribution is 5.92. The second-order valence-electron chi connectivity index (χ2n) is 4.88. The highest BCUT2D eigenvalue weighted by Crippen LogP contribution is 2.19. The number of benzene rings is 1. The van der Waals surface area contributed by atoms with Crippen molar-refractivity contribution in [1.82, 2.24) is 0 Å². The highest BCUT2D eigenvalue weighted by Gasteiger charge is 2.18. The van der Waals surface area contributed by atoms with Gasteiger partial charge in [-0.15, -0.1) is 0 Å². The Morgan fingerprint density at radius 1 is 1.53 bits per heavy atom. The summed E-state index contributed by atoms with van der Waals surface area (Å²) < 4.78 is 5.55. The smallest absolute Gasteiger partial charge is 0.226 e. The lowest BCUT2D eigenvalue weighted by molar-refractivity contribution is -0.119. The Balaban J connectivity index is 1.96. The van der Waals surface area contributed by atoms with Crippen molar-refractivity contribution in [1.29, 1.82) is 5.26 Å². The number of anilines is 1. The van der Waals surface area contributed by atoms with E-state index in [0.29, 0.717) is 17.7 Å². The molecule has 19 heavy (non-hydrogen) atoms. The van der Waals surface area contributed by atoms with Gasteiger partial charge in [0, 0.05) is 12.3 Å². The van der Waals surface area contributed by atoms with Crippen LogP contribution in [0.2, 0.25) is 0 Å². The molecule has 1 aromatic carbocycles. The number of rotatable bonds is 3. The molecule has 1 heterocycles. The van der Waals surface area contributed by atoms with E-state index in [-0.39, 0.29) is 12.0 Å². The van der Waals surface area contributed by atoms with Crippen LogP contribution in [-0.4, -0.2) is 18.6 Å². The molecule has 1 aliphatic rings. The van der Waals surface area contributed by atoms with E-state index >= 15 is 0 Å². The molecular weight excluding hydrogens is 240 g/mol. The van der Waals surface area contributed by atoms with Gasteiger partial charge in [-0.25, -0.2) is 0 Å². The molecule has 0 bridgehead atoms. The van der Waals surface area contributed by atoms with Gasteiger partial charge in [-0.3, -0.25) is 4.79 Å². The largest absolute Gasteiger partial charge is 0.378 e. The molecule has 0 spiro atoms. The third kappa shape index (κ3) is 3.80. The number of ether oxygens (including phenoxy) is 1. The van der Waals surface area contributed by atoms with E-state index in [1.165, 1.54) is 0 Å². The number of hydrogen-bond donors (Lipinski definition) is 1. The van der Waals surface area contributed by atoms with Crippen LogP contribution in [0.4, 0.5) is 5.69 Å². The van der Waals surface area contributed by atoms with Gasteiger partial charge in [0.15, 0.2) is 0 Å². The molecule has 4 nitrogen and oxygen atoms in total. The van der Waals surface area contributed by atoms with Crippen molar-refractivity contribution in [3.05, 3.63) is 29.3 Å². The molecular formula is C15H18N2O2. The van der Waals surface area contributed by atoms with Gasteiger partial charge >= 0.3 is 0 Å². The van der Waals surface area contributed by atoms with Crippen LogP contribution in [0.5, 0.6) is 0 Å². The lowest BCUT2D eigenvalue weighted by Gasteiger charge is -2.22. The van der Waals surface area contributed by atoms with Crippen molar-refractivity contribution in [2.45, 2.75) is 38.7 Å². The van der Waals surface area contributed by atoms with Gasteiger partial charge in [0.2, 0.25) is 5.91 Å². The Labute approximate surface area is 113 Å². The van der Waals surface area contributed by atoms with Gasteiger partial charge in [0.1, 0.15) is 0 Å². The second kappa shape index (κ2) is 6.35. The summed E-state index contributed by atoms with van der Waals surface area (Å²) in [6, 6.07) is 7.36. The van der Waals surface area contributed by atoms with Crippen molar-refractivity contribution in [2.24, 2.45) is 0 Å². The third-order valence-corrected chi connectivity index (χ3v) is 3.33. The molecule has 1 atom stereocenters. The first kappa shape index (κ1) is 13.6. The number of nitrogens with one attached hydrogen (secondary N) is 1. The van der Waals surface area contributed by atoms with Crippen LogP contribution in [0.3, 0.4) is 0 Å². The van der Waals surface area contributed by atoms with Gasteiger partial charge < -0.3 is 10.1 Å². The molecule has 0 aromatic heterocycles. The molecule has 2 rings (SSSR count). The lowest BCUT2D eigenvalue weighted by atomic mass is 10.1. The molecule has 1 saturated heterocycles. The molecule has 1 aromatic rings. The molecule has 0 saturated carbocycles. The summed E-state index contributed by atoms with van der Waals surface area (Å²) in [5.41, 5.74) is 2.21. The minimum absolute atomic E-state index is 0.0354. The van der Waals surface area contributed by atoms with Crippen molar-refractivity contribution in [3.8, 4) is 6.07 Å². The minimum atomic E-state index is -0.0508. The minimum Gasteiger partial charge on any atom is -0.378 e. The number of carbonyl (C=O) groups is 1. The molecule has 0 radical (unpaired) electrons. The third-order valence-electron chi connectivity index (χ3n) is 3.33. The first-order valence-electron chi connectivity index (χ1n) is 6.61. The molecule has 1 aliphatic heterocycles. The summed E-state index contributed by atoms with van der Waals surface area (Å²) in [5, 5.41) is 11.7. The fourth-order valence-electron chi connectivity index (χ4n) is 2.20. The summed E-state index contributed by atoms with van der Waals surface area (Å²) >= 11 is 0. The topological polar surface area (TPSA) is 62.1 Å². The van der Waals surface area contributed by atoms with Gasteiger partial charge in [-0.1, -0.05) is 6.07 Å². The summed E-state index contributed by atoms with van der Waals surface area (Å²) in [4.78, 5) is 12.0. The van der Waals surface area contributed by atoms with Gasteiger partial charge in [-0.05, 0) is 43.9 Å². The number of amides is 1. The predicted octanol–water partition coefficient (Wildman–Crippen LogP) is 2.76. The van der Waals surface area contributed by atoms with Crippen LogP contribution in [0.25, 0.3) is 0 Å². The Kier molecular flexibility index (Phi) is 4.53. The zero-order valence-corrected chi connectivity index (χ0v) is 11.1. The van der Waals surface area contributed by atoms with Crippen LogP contribution in [0, 0.1) is 18.3 Å². The average Bonchev–Trinajstić information content (AvgIpc) is 2.42. The van der Waals surface area contributed by atoms with E-state index < -0.39 is 0 Å². The van der Waals surface area contributed by atoms with Crippen LogP contribution in [0.1, 0.15) is 36.8 Å². The first-order valence-corrected chi connectivity index (χ1v) is 6.61. The molecule has 1 fully saturated rings. The van der Waals surface area contributed by atoms with Crippen LogP contribution >= 0.6 is 0 Å². The number of carbonyl (C=O) groups excluding carboxylic acids is 1. The lowest BCUT2D eigenvalue weighted by Crippen LogP contribution is -2.25. The van der Waals surface area contributed by atoms with Crippen molar-refractivity contribution in [2.75, 3.05) is 11.9 Å². The molecule has 1 N–H and O–H groups in total. The van der Waals surface area contributed by atoms with Crippen LogP contribution < -0.4 is 5.32 Å². The Hall–Kier alpha value is -1.86. The second-order valence-corrected chi connectivity index (χ2v) is 4.88. The normalized spacial score (nSPS) is 18.6. The van der Waals surface area contributed by atoms with Crippen LogP contribution in [0.15, 0.2) is 18.2 Å². The van der Waals surface area contributed by atoms with Crippen molar-refractivity contribution in [3.63, 3.8) is 0 Å². The maximum Gasteiger partial charge on any atom is 0.226 e.